The van der Waals surface area contributed by atoms with Crippen LogP contribution in [0.15, 0.2) is 18.2 Å². The molecule has 1 rings (SSSR count). The minimum atomic E-state index is -0.590. The second-order valence-corrected chi connectivity index (χ2v) is 5.41. The molecule has 0 aliphatic heterocycles. The maximum atomic E-state index is 13.8. The third-order valence-corrected chi connectivity index (χ3v) is 2.58. The molecule has 1 aromatic rings. The van der Waals surface area contributed by atoms with Gasteiger partial charge in [-0.05, 0) is 39.8 Å². The summed E-state index contributed by atoms with van der Waals surface area (Å²) in [5, 5.41) is 8.70. The molecule has 0 spiro atoms. The molecule has 0 saturated heterocycles. The van der Waals surface area contributed by atoms with E-state index in [4.69, 9.17) is 10.00 Å². The van der Waals surface area contributed by atoms with E-state index in [9.17, 15) is 9.18 Å². The summed E-state index contributed by atoms with van der Waals surface area (Å²) < 4.78 is 19.1. The van der Waals surface area contributed by atoms with E-state index < -0.39 is 17.5 Å². The Morgan fingerprint density at radius 3 is 2.55 bits per heavy atom. The smallest absolute Gasteiger partial charge is 0.410 e. The highest BCUT2D eigenvalue weighted by atomic mass is 19.1. The zero-order chi connectivity index (χ0) is 15.3. The van der Waals surface area contributed by atoms with Gasteiger partial charge in [0.1, 0.15) is 11.4 Å². The number of benzene rings is 1. The van der Waals surface area contributed by atoms with Gasteiger partial charge in [0.2, 0.25) is 0 Å². The number of nitriles is 1. The average molecular weight is 278 g/mol. The number of hydrogen-bond donors (Lipinski definition) is 0. The van der Waals surface area contributed by atoms with Gasteiger partial charge in [-0.1, -0.05) is 6.07 Å². The Morgan fingerprint density at radius 1 is 1.45 bits per heavy atom. The molecule has 0 heterocycles. The van der Waals surface area contributed by atoms with Crippen LogP contribution in [-0.2, 0) is 11.3 Å². The Kier molecular flexibility index (Phi) is 5.09. The van der Waals surface area contributed by atoms with Crippen molar-refractivity contribution >= 4 is 6.09 Å². The quantitative estimate of drug-likeness (QED) is 0.850. The molecule has 1 aromatic carbocycles. The van der Waals surface area contributed by atoms with Crippen molar-refractivity contribution in [1.82, 2.24) is 4.90 Å². The van der Waals surface area contributed by atoms with E-state index in [0.29, 0.717) is 12.1 Å². The second kappa shape index (κ2) is 6.38. The first-order valence-electron chi connectivity index (χ1n) is 6.43. The van der Waals surface area contributed by atoms with Gasteiger partial charge >= 0.3 is 6.09 Å². The van der Waals surface area contributed by atoms with Gasteiger partial charge in [0.05, 0.1) is 18.2 Å². The molecule has 0 saturated carbocycles. The largest absolute Gasteiger partial charge is 0.444 e. The van der Waals surface area contributed by atoms with Crippen LogP contribution < -0.4 is 0 Å². The second-order valence-electron chi connectivity index (χ2n) is 5.41. The lowest BCUT2D eigenvalue weighted by atomic mass is 10.1. The number of ether oxygens (including phenoxy) is 1. The molecule has 0 radical (unpaired) electrons. The molecule has 0 aromatic heterocycles. The number of carbonyl (C=O) groups is 1. The summed E-state index contributed by atoms with van der Waals surface area (Å²) in [5.74, 6) is -0.494. The highest BCUT2D eigenvalue weighted by Gasteiger charge is 2.22. The summed E-state index contributed by atoms with van der Waals surface area (Å²) in [5.41, 5.74) is 0.0246. The summed E-state index contributed by atoms with van der Waals surface area (Å²) in [7, 11) is 0. The summed E-state index contributed by atoms with van der Waals surface area (Å²) in [6, 6.07) is 6.08. The van der Waals surface area contributed by atoms with Gasteiger partial charge < -0.3 is 9.64 Å². The normalized spacial score (nSPS) is 10.8. The molecular weight excluding hydrogens is 259 g/mol. The van der Waals surface area contributed by atoms with Crippen molar-refractivity contribution in [2.75, 3.05) is 6.54 Å². The molecule has 0 bridgehead atoms. The first kappa shape index (κ1) is 16.0. The van der Waals surface area contributed by atoms with Crippen LogP contribution in [0.4, 0.5) is 9.18 Å². The number of carbonyl (C=O) groups excluding carboxylic acids is 1. The molecule has 5 heteroatoms. The van der Waals surface area contributed by atoms with E-state index >= 15 is 0 Å². The Hall–Kier alpha value is -2.09. The Balaban J connectivity index is 2.84. The van der Waals surface area contributed by atoms with Crippen LogP contribution in [0.3, 0.4) is 0 Å². The van der Waals surface area contributed by atoms with Crippen molar-refractivity contribution in [3.63, 3.8) is 0 Å². The SMILES string of the molecule is CCN(Cc1ccc(C#N)cc1F)C(=O)OC(C)(C)C. The molecule has 0 aliphatic carbocycles. The molecule has 0 aliphatic rings. The molecule has 0 fully saturated rings. The van der Waals surface area contributed by atoms with Crippen LogP contribution >= 0.6 is 0 Å². The van der Waals surface area contributed by atoms with Crippen molar-refractivity contribution in [1.29, 1.82) is 5.26 Å². The first-order chi connectivity index (χ1) is 9.26. The topological polar surface area (TPSA) is 53.3 Å². The van der Waals surface area contributed by atoms with Crippen molar-refractivity contribution in [2.24, 2.45) is 0 Å². The number of halogens is 1. The fourth-order valence-corrected chi connectivity index (χ4v) is 1.58. The lowest BCUT2D eigenvalue weighted by molar-refractivity contribution is 0.0243. The number of amides is 1. The summed E-state index contributed by atoms with van der Waals surface area (Å²) in [6.45, 7) is 7.66. The predicted molar refractivity (Wildman–Crippen MR) is 73.4 cm³/mol. The van der Waals surface area contributed by atoms with Gasteiger partial charge in [0, 0.05) is 12.1 Å². The summed E-state index contributed by atoms with van der Waals surface area (Å²) in [4.78, 5) is 13.4. The zero-order valence-electron chi connectivity index (χ0n) is 12.2. The summed E-state index contributed by atoms with van der Waals surface area (Å²) in [6.07, 6.45) is -0.483. The molecule has 4 nitrogen and oxygen atoms in total. The average Bonchev–Trinajstić information content (AvgIpc) is 2.35. The van der Waals surface area contributed by atoms with Crippen LogP contribution in [0.2, 0.25) is 0 Å². The van der Waals surface area contributed by atoms with E-state index in [1.54, 1.807) is 27.7 Å². The monoisotopic (exact) mass is 278 g/mol. The maximum absolute atomic E-state index is 13.8. The van der Waals surface area contributed by atoms with E-state index in [0.717, 1.165) is 6.07 Å². The Bertz CT molecular complexity index is 530. The number of nitrogens with zero attached hydrogens (tertiary/aromatic N) is 2. The highest BCUT2D eigenvalue weighted by Crippen LogP contribution is 2.15. The Morgan fingerprint density at radius 2 is 2.10 bits per heavy atom. The molecule has 0 atom stereocenters. The molecule has 1 amide bonds. The van der Waals surface area contributed by atoms with Crippen LogP contribution in [0.5, 0.6) is 0 Å². The van der Waals surface area contributed by atoms with Crippen LogP contribution in [-0.4, -0.2) is 23.1 Å². The minimum absolute atomic E-state index is 0.114. The van der Waals surface area contributed by atoms with Gasteiger partial charge in [-0.15, -0.1) is 0 Å². The fourth-order valence-electron chi connectivity index (χ4n) is 1.58. The third-order valence-electron chi connectivity index (χ3n) is 2.58. The van der Waals surface area contributed by atoms with E-state index in [1.165, 1.54) is 17.0 Å². The standard InChI is InChI=1S/C15H19FN2O2/c1-5-18(14(19)20-15(2,3)4)10-12-7-6-11(9-17)8-13(12)16/h6-8H,5,10H2,1-4H3. The number of hydrogen-bond acceptors (Lipinski definition) is 3. The highest BCUT2D eigenvalue weighted by molar-refractivity contribution is 5.68. The van der Waals surface area contributed by atoms with Gasteiger partial charge in [-0.25, -0.2) is 9.18 Å². The number of rotatable bonds is 3. The van der Waals surface area contributed by atoms with Crippen LogP contribution in [0.25, 0.3) is 0 Å². The van der Waals surface area contributed by atoms with Crippen molar-refractivity contribution in [2.45, 2.75) is 39.8 Å². The molecule has 20 heavy (non-hydrogen) atoms. The molecular formula is C15H19FN2O2. The summed E-state index contributed by atoms with van der Waals surface area (Å²) >= 11 is 0. The minimum Gasteiger partial charge on any atom is -0.444 e. The van der Waals surface area contributed by atoms with Crippen molar-refractivity contribution < 1.29 is 13.9 Å². The van der Waals surface area contributed by atoms with Crippen LogP contribution in [0.1, 0.15) is 38.8 Å². The van der Waals surface area contributed by atoms with Crippen molar-refractivity contribution in [3.05, 3.63) is 35.1 Å². The van der Waals surface area contributed by atoms with Gasteiger partial charge in [0.25, 0.3) is 0 Å². The lowest BCUT2D eigenvalue weighted by Crippen LogP contribution is -2.36. The van der Waals surface area contributed by atoms with E-state index in [1.807, 2.05) is 6.07 Å². The third kappa shape index (κ3) is 4.54. The van der Waals surface area contributed by atoms with E-state index in [-0.39, 0.29) is 12.1 Å². The first-order valence-corrected chi connectivity index (χ1v) is 6.43. The van der Waals surface area contributed by atoms with Gasteiger partial charge in [-0.3, -0.25) is 0 Å². The van der Waals surface area contributed by atoms with Crippen molar-refractivity contribution in [3.8, 4) is 6.07 Å². The van der Waals surface area contributed by atoms with E-state index in [2.05, 4.69) is 0 Å². The van der Waals surface area contributed by atoms with Crippen LogP contribution in [0, 0.1) is 17.1 Å². The molecule has 0 N–H and O–H groups in total. The fraction of sp³-hybridized carbons (Fsp3) is 0.467. The Labute approximate surface area is 118 Å². The molecule has 108 valence electrons. The molecule has 0 unspecified atom stereocenters. The predicted octanol–water partition coefficient (Wildman–Crippen LogP) is 3.45. The zero-order valence-corrected chi connectivity index (χ0v) is 12.2. The van der Waals surface area contributed by atoms with Gasteiger partial charge in [-0.2, -0.15) is 5.26 Å². The van der Waals surface area contributed by atoms with Gasteiger partial charge in [0.15, 0.2) is 0 Å². The maximum Gasteiger partial charge on any atom is 0.410 e. The lowest BCUT2D eigenvalue weighted by Gasteiger charge is -2.26.